The summed E-state index contributed by atoms with van der Waals surface area (Å²) in [6.45, 7) is 12.1. The van der Waals surface area contributed by atoms with Gasteiger partial charge in [0.15, 0.2) is 0 Å². The normalized spacial score (nSPS) is 10.8. The van der Waals surface area contributed by atoms with Crippen LogP contribution in [0.3, 0.4) is 0 Å². The van der Waals surface area contributed by atoms with Gasteiger partial charge in [0.25, 0.3) is 0 Å². The summed E-state index contributed by atoms with van der Waals surface area (Å²) in [7, 11) is 0. The molecular formula is C36H39Cl2NSiZr-4. The third-order valence-corrected chi connectivity index (χ3v) is 5.90. The van der Waals surface area contributed by atoms with Crippen LogP contribution in [0.5, 0.6) is 0 Å². The van der Waals surface area contributed by atoms with E-state index >= 15 is 0 Å². The van der Waals surface area contributed by atoms with Crippen LogP contribution in [-0.4, -0.2) is 19.0 Å². The standard InChI is InChI=1S/C19H22N.2C6H5.C5H5.2ClH.Si.Zr/c1-13(2)20(14(3)4)18-11-7-9-16-12-15-8-5-6-10-17(15)19(16)18;2*1-2-4-6-5-3-1;1-2-4-5-3-1;;;;/h5-8,10-11,13-14H,12H2,1-4H3;2*1-5H;1-3H,4H2;2*1H;;/q4*-1;;;;. The smallest absolute Gasteiger partial charge is 0.171 e. The number of fused-ring (bicyclic) bond motifs is 3. The van der Waals surface area contributed by atoms with E-state index in [-0.39, 0.29) is 24.8 Å². The molecule has 0 aromatic heterocycles. The molecule has 2 radical (unpaired) electrons. The molecule has 0 spiro atoms. The fourth-order valence-corrected chi connectivity index (χ4v) is 4.47. The molecule has 0 saturated heterocycles. The Morgan fingerprint density at radius 1 is 0.732 bits per heavy atom. The molecule has 0 fully saturated rings. The van der Waals surface area contributed by atoms with E-state index in [1.165, 1.54) is 51.3 Å². The van der Waals surface area contributed by atoms with Crippen molar-refractivity contribution in [2.45, 2.75) is 52.6 Å². The second kappa shape index (κ2) is 23.4. The second-order valence-corrected chi connectivity index (χ2v) is 9.30. The van der Waals surface area contributed by atoms with Crippen LogP contribution in [0, 0.1) is 24.3 Å². The predicted molar refractivity (Wildman–Crippen MR) is 179 cm³/mol. The average Bonchev–Trinajstić information content (AvgIpc) is 3.69. The first-order chi connectivity index (χ1) is 19.1. The molecule has 41 heavy (non-hydrogen) atoms. The molecule has 0 saturated carbocycles. The molecule has 2 aliphatic rings. The van der Waals surface area contributed by atoms with E-state index in [4.69, 9.17) is 0 Å². The molecule has 4 aromatic rings. The summed E-state index contributed by atoms with van der Waals surface area (Å²) >= 11 is 1.36. The van der Waals surface area contributed by atoms with Crippen LogP contribution in [0.25, 0.3) is 11.1 Å². The fraction of sp³-hybridized carbons (Fsp3) is 0.222. The third kappa shape index (κ3) is 13.6. The number of anilines is 1. The van der Waals surface area contributed by atoms with Crippen molar-refractivity contribution in [1.29, 1.82) is 0 Å². The first-order valence-electron chi connectivity index (χ1n) is 13.3. The Balaban J connectivity index is 0.000000622. The number of halogens is 2. The number of benzene rings is 4. The molecule has 1 nitrogen and oxygen atoms in total. The topological polar surface area (TPSA) is 3.24 Å². The summed E-state index contributed by atoms with van der Waals surface area (Å²) in [5, 5.41) is 0. The van der Waals surface area contributed by atoms with Gasteiger partial charge in [-0.1, -0.05) is 41.1 Å². The number of allylic oxidation sites excluding steroid dienone is 4. The van der Waals surface area contributed by atoms with Gasteiger partial charge >= 0.3 is 30.2 Å². The Labute approximate surface area is 278 Å². The second-order valence-electron chi connectivity index (χ2n) is 9.30. The Morgan fingerprint density at radius 3 is 1.68 bits per heavy atom. The van der Waals surface area contributed by atoms with Crippen molar-refractivity contribution in [2.75, 3.05) is 4.90 Å². The molecule has 214 valence electrons. The van der Waals surface area contributed by atoms with Crippen molar-refractivity contribution in [3.63, 3.8) is 0 Å². The van der Waals surface area contributed by atoms with E-state index in [0.29, 0.717) is 12.1 Å². The van der Waals surface area contributed by atoms with Crippen LogP contribution in [0.4, 0.5) is 5.69 Å². The maximum absolute atomic E-state index is 3.44. The first-order valence-corrected chi connectivity index (χ1v) is 17.5. The zero-order valence-electron chi connectivity index (χ0n) is 24.3. The number of hydrogen-bond acceptors (Lipinski definition) is 1. The molecule has 6 rings (SSSR count). The molecular weight excluding hydrogens is 637 g/mol. The van der Waals surface area contributed by atoms with Crippen molar-refractivity contribution < 1.29 is 23.3 Å². The number of hydrogen-bond donors (Lipinski definition) is 0. The van der Waals surface area contributed by atoms with E-state index in [1.807, 2.05) is 72.8 Å². The van der Waals surface area contributed by atoms with Gasteiger partial charge in [-0.2, -0.15) is 91.0 Å². The molecule has 5 heteroatoms. The van der Waals surface area contributed by atoms with Gasteiger partial charge in [-0.3, -0.25) is 6.08 Å². The van der Waals surface area contributed by atoms with Gasteiger partial charge in [-0.15, -0.1) is 48.4 Å². The monoisotopic (exact) mass is 673 g/mol. The zero-order valence-corrected chi connectivity index (χ0v) is 29.4. The van der Waals surface area contributed by atoms with E-state index in [9.17, 15) is 0 Å². The molecule has 4 aromatic carbocycles. The SMILES string of the molecule is CC(C)N(c1cc[c-]c2c1-c1ccccc1C2)C(C)C.Cl.Cl.[C-]1=CC=CC1.[Si]=[Zr].[c-]1ccccc1.[c-]1ccccc1. The minimum Gasteiger partial charge on any atom is -0.184 e. The van der Waals surface area contributed by atoms with Crippen molar-refractivity contribution >= 4 is 37.4 Å². The van der Waals surface area contributed by atoms with Gasteiger partial charge in [0, 0.05) is 12.1 Å². The van der Waals surface area contributed by atoms with E-state index in [1.54, 1.807) is 0 Å². The van der Waals surface area contributed by atoms with Crippen LogP contribution >= 0.6 is 24.8 Å². The number of nitrogens with zero attached hydrogens (tertiary/aromatic N) is 1. The maximum atomic E-state index is 3.44. The Hall–Kier alpha value is -2.16. The fourth-order valence-electron chi connectivity index (χ4n) is 4.47. The minimum atomic E-state index is 0. The molecule has 0 amide bonds. The van der Waals surface area contributed by atoms with Gasteiger partial charge in [-0.05, 0) is 34.1 Å². The van der Waals surface area contributed by atoms with Crippen LogP contribution in [-0.2, 0) is 29.8 Å². The van der Waals surface area contributed by atoms with Crippen LogP contribution < -0.4 is 4.90 Å². The van der Waals surface area contributed by atoms with Gasteiger partial charge < -0.3 is 4.90 Å². The first kappa shape index (κ1) is 38.8. The Bertz CT molecular complexity index is 1160. The molecule has 0 bridgehead atoms. The molecule has 0 aliphatic heterocycles. The Morgan fingerprint density at radius 2 is 1.29 bits per heavy atom. The minimum absolute atomic E-state index is 0. The summed E-state index contributed by atoms with van der Waals surface area (Å²) in [5.74, 6) is 0. The van der Waals surface area contributed by atoms with Crippen LogP contribution in [0.1, 0.15) is 45.2 Å². The largest absolute Gasteiger partial charge is 0.184 e. The molecule has 0 heterocycles. The van der Waals surface area contributed by atoms with Crippen molar-refractivity contribution in [2.24, 2.45) is 0 Å². The van der Waals surface area contributed by atoms with Crippen LogP contribution in [0.15, 0.2) is 115 Å². The van der Waals surface area contributed by atoms with E-state index < -0.39 is 0 Å². The summed E-state index contributed by atoms with van der Waals surface area (Å²) < 4.78 is 0. The third-order valence-electron chi connectivity index (χ3n) is 5.90. The Kier molecular flexibility index (Phi) is 22.2. The van der Waals surface area contributed by atoms with E-state index in [0.717, 1.165) is 12.8 Å². The maximum Gasteiger partial charge on any atom is -0.171 e. The molecule has 0 N–H and O–H groups in total. The summed E-state index contributed by atoms with van der Waals surface area (Å²) in [6.07, 6.45) is 11.0. The average molecular weight is 676 g/mol. The quantitative estimate of drug-likeness (QED) is 0.136. The molecule has 0 atom stereocenters. The molecule has 2 aliphatic carbocycles. The summed E-state index contributed by atoms with van der Waals surface area (Å²) in [6, 6.07) is 42.5. The van der Waals surface area contributed by atoms with Gasteiger partial charge in [0.2, 0.25) is 0 Å². The van der Waals surface area contributed by atoms with Gasteiger partial charge in [-0.25, -0.2) is 12.2 Å². The van der Waals surface area contributed by atoms with Crippen molar-refractivity contribution in [1.82, 2.24) is 0 Å². The summed E-state index contributed by atoms with van der Waals surface area (Å²) in [4.78, 5) is 2.51. The number of rotatable bonds is 3. The van der Waals surface area contributed by atoms with E-state index in [2.05, 4.69) is 106 Å². The summed E-state index contributed by atoms with van der Waals surface area (Å²) in [5.41, 5.74) is 6.91. The predicted octanol–water partition coefficient (Wildman–Crippen LogP) is 9.42. The van der Waals surface area contributed by atoms with Crippen molar-refractivity contribution in [3.8, 4) is 11.1 Å². The van der Waals surface area contributed by atoms with Crippen LogP contribution in [0.2, 0.25) is 0 Å². The zero-order chi connectivity index (χ0) is 28.3. The molecule has 0 unspecified atom stereocenters. The van der Waals surface area contributed by atoms with Gasteiger partial charge in [0.05, 0.1) is 0 Å². The van der Waals surface area contributed by atoms with Gasteiger partial charge in [0.1, 0.15) is 0 Å². The van der Waals surface area contributed by atoms with Crippen molar-refractivity contribution in [3.05, 3.63) is 151 Å².